The maximum atomic E-state index is 12.9. The number of nitrogens with zero attached hydrogens (tertiary/aromatic N) is 1. The van der Waals surface area contributed by atoms with Gasteiger partial charge in [-0.3, -0.25) is 4.79 Å². The third kappa shape index (κ3) is 6.06. The molecule has 176 valence electrons. The number of carbonyl (C=O) groups is 1. The van der Waals surface area contributed by atoms with Crippen molar-refractivity contribution >= 4 is 50.5 Å². The van der Waals surface area contributed by atoms with Crippen molar-refractivity contribution in [2.24, 2.45) is 5.92 Å². The average molecular weight is 512 g/mol. The lowest BCUT2D eigenvalue weighted by atomic mass is 10.0. The van der Waals surface area contributed by atoms with Crippen molar-refractivity contribution in [3.05, 3.63) is 52.0 Å². The molecular formula is C20H22Cl2F3N3O3S. The van der Waals surface area contributed by atoms with Crippen molar-refractivity contribution in [3.63, 3.8) is 0 Å². The van der Waals surface area contributed by atoms with Crippen molar-refractivity contribution < 1.29 is 26.4 Å². The van der Waals surface area contributed by atoms with Crippen LogP contribution in [0.15, 0.2) is 41.3 Å². The minimum atomic E-state index is -4.55. The Bertz CT molecular complexity index is 1110. The summed E-state index contributed by atoms with van der Waals surface area (Å²) in [6.07, 6.45) is -4.55. The first-order chi connectivity index (χ1) is 14.6. The molecular weight excluding hydrogens is 490 g/mol. The fraction of sp³-hybridized carbons (Fsp3) is 0.350. The van der Waals surface area contributed by atoms with Gasteiger partial charge < -0.3 is 10.6 Å². The number of halogens is 5. The van der Waals surface area contributed by atoms with Crippen molar-refractivity contribution in [1.29, 1.82) is 0 Å². The van der Waals surface area contributed by atoms with Gasteiger partial charge in [0.25, 0.3) is 0 Å². The molecule has 0 saturated carbocycles. The van der Waals surface area contributed by atoms with Gasteiger partial charge in [-0.25, -0.2) is 12.7 Å². The zero-order valence-corrected chi connectivity index (χ0v) is 19.9. The molecule has 2 aromatic rings. The van der Waals surface area contributed by atoms with Gasteiger partial charge in [0.05, 0.1) is 21.3 Å². The predicted molar refractivity (Wildman–Crippen MR) is 120 cm³/mol. The molecule has 2 N–H and O–H groups in total. The van der Waals surface area contributed by atoms with Crippen molar-refractivity contribution in [2.75, 3.05) is 24.7 Å². The first kappa shape index (κ1) is 26.2. The highest BCUT2D eigenvalue weighted by Crippen LogP contribution is 2.34. The maximum Gasteiger partial charge on any atom is 0.416 e. The Morgan fingerprint density at radius 2 is 1.66 bits per heavy atom. The zero-order valence-electron chi connectivity index (χ0n) is 17.6. The Kier molecular flexibility index (Phi) is 8.09. The van der Waals surface area contributed by atoms with E-state index in [9.17, 15) is 26.4 Å². The van der Waals surface area contributed by atoms with Crippen LogP contribution in [0.25, 0.3) is 0 Å². The van der Waals surface area contributed by atoms with Crippen LogP contribution >= 0.6 is 23.2 Å². The Balaban J connectivity index is 2.29. The molecule has 12 heteroatoms. The first-order valence-corrected chi connectivity index (χ1v) is 11.5. The number of hydrogen-bond donors (Lipinski definition) is 2. The van der Waals surface area contributed by atoms with E-state index in [-0.39, 0.29) is 32.2 Å². The zero-order chi connectivity index (χ0) is 24.4. The van der Waals surface area contributed by atoms with Crippen LogP contribution in [0.2, 0.25) is 10.0 Å². The van der Waals surface area contributed by atoms with E-state index in [4.69, 9.17) is 23.2 Å². The van der Waals surface area contributed by atoms with E-state index < -0.39 is 33.7 Å². The second-order valence-electron chi connectivity index (χ2n) is 7.48. The third-order valence-corrected chi connectivity index (χ3v) is 7.12. The molecule has 0 saturated heterocycles. The molecule has 0 aromatic heterocycles. The van der Waals surface area contributed by atoms with Crippen LogP contribution in [0.3, 0.4) is 0 Å². The maximum absolute atomic E-state index is 12.9. The monoisotopic (exact) mass is 511 g/mol. The number of carbonyl (C=O) groups excluding carboxylic acids is 1. The number of hydrogen-bond acceptors (Lipinski definition) is 4. The van der Waals surface area contributed by atoms with Gasteiger partial charge in [0.2, 0.25) is 15.9 Å². The topological polar surface area (TPSA) is 78.5 Å². The Morgan fingerprint density at radius 3 is 2.16 bits per heavy atom. The van der Waals surface area contributed by atoms with Gasteiger partial charge in [-0.15, -0.1) is 0 Å². The summed E-state index contributed by atoms with van der Waals surface area (Å²) >= 11 is 12.0. The van der Waals surface area contributed by atoms with Crippen LogP contribution in [-0.4, -0.2) is 38.8 Å². The molecule has 1 atom stereocenters. The first-order valence-electron chi connectivity index (χ1n) is 9.30. The molecule has 0 spiro atoms. The molecule has 0 radical (unpaired) electrons. The van der Waals surface area contributed by atoms with E-state index in [1.165, 1.54) is 32.3 Å². The van der Waals surface area contributed by atoms with E-state index in [1.807, 2.05) is 0 Å². The average Bonchev–Trinajstić information content (AvgIpc) is 2.67. The Morgan fingerprint density at radius 1 is 1.03 bits per heavy atom. The minimum absolute atomic E-state index is 0.00762. The molecule has 6 nitrogen and oxygen atoms in total. The summed E-state index contributed by atoms with van der Waals surface area (Å²) in [5.41, 5.74) is -0.569. The highest BCUT2D eigenvalue weighted by atomic mass is 35.5. The number of amides is 1. The van der Waals surface area contributed by atoms with E-state index in [0.717, 1.165) is 22.5 Å². The quantitative estimate of drug-likeness (QED) is 0.525. The lowest BCUT2D eigenvalue weighted by molar-refractivity contribution is -0.137. The molecule has 0 bridgehead atoms. The third-order valence-electron chi connectivity index (χ3n) is 4.51. The SMILES string of the molecule is CC(C)C(Nc1ccc(C(F)(F)F)cc1Cl)C(=O)Nc1ccc(Cl)c(S(=O)(=O)N(C)C)c1. The van der Waals surface area contributed by atoms with Crippen LogP contribution in [0, 0.1) is 5.92 Å². The molecule has 1 amide bonds. The predicted octanol–water partition coefficient (Wildman–Crippen LogP) is 5.34. The molecule has 0 aliphatic heterocycles. The van der Waals surface area contributed by atoms with Crippen LogP contribution < -0.4 is 10.6 Å². The van der Waals surface area contributed by atoms with Gasteiger partial charge in [-0.2, -0.15) is 13.2 Å². The number of nitrogens with one attached hydrogen (secondary N) is 2. The van der Waals surface area contributed by atoms with E-state index in [1.54, 1.807) is 13.8 Å². The standard InChI is InChI=1S/C20H22Cl2F3N3O3S/c1-11(2)18(27-16-8-5-12(9-15(16)22)20(23,24)25)19(29)26-13-6-7-14(21)17(10-13)32(30,31)28(3)4/h5-11,18,27H,1-4H3,(H,26,29). The normalized spacial score (nSPS) is 13.3. The van der Waals surface area contributed by atoms with Crippen LogP contribution in [-0.2, 0) is 21.0 Å². The fourth-order valence-electron chi connectivity index (χ4n) is 2.71. The number of rotatable bonds is 7. The van der Waals surface area contributed by atoms with Crippen LogP contribution in [0.5, 0.6) is 0 Å². The lowest BCUT2D eigenvalue weighted by Crippen LogP contribution is -2.39. The van der Waals surface area contributed by atoms with Crippen molar-refractivity contribution in [3.8, 4) is 0 Å². The summed E-state index contributed by atoms with van der Waals surface area (Å²) in [6.45, 7) is 3.47. The van der Waals surface area contributed by atoms with E-state index in [0.29, 0.717) is 0 Å². The summed E-state index contributed by atoms with van der Waals surface area (Å²) in [5.74, 6) is -0.822. The Hall–Kier alpha value is -2.01. The summed E-state index contributed by atoms with van der Waals surface area (Å²) < 4.78 is 64.4. The van der Waals surface area contributed by atoms with Crippen LogP contribution in [0.1, 0.15) is 19.4 Å². The highest BCUT2D eigenvalue weighted by Gasteiger charge is 2.31. The molecule has 0 fully saturated rings. The molecule has 0 aliphatic carbocycles. The summed E-state index contributed by atoms with van der Waals surface area (Å²) in [7, 11) is -1.15. The van der Waals surface area contributed by atoms with Gasteiger partial charge in [0.1, 0.15) is 10.9 Å². The minimum Gasteiger partial charge on any atom is -0.372 e. The highest BCUT2D eigenvalue weighted by molar-refractivity contribution is 7.89. The molecule has 0 heterocycles. The molecule has 0 aliphatic rings. The number of sulfonamides is 1. The number of anilines is 2. The number of alkyl halides is 3. The van der Waals surface area contributed by atoms with Gasteiger partial charge >= 0.3 is 6.18 Å². The fourth-order valence-corrected chi connectivity index (χ4v) is 4.34. The molecule has 1 unspecified atom stereocenters. The summed E-state index contributed by atoms with van der Waals surface area (Å²) in [5, 5.41) is 5.27. The molecule has 32 heavy (non-hydrogen) atoms. The van der Waals surface area contributed by atoms with Gasteiger partial charge in [-0.1, -0.05) is 37.0 Å². The molecule has 2 rings (SSSR count). The summed E-state index contributed by atoms with van der Waals surface area (Å²) in [6, 6.07) is 5.93. The lowest BCUT2D eigenvalue weighted by Gasteiger charge is -2.24. The largest absolute Gasteiger partial charge is 0.416 e. The van der Waals surface area contributed by atoms with Crippen molar-refractivity contribution in [2.45, 2.75) is 31.0 Å². The number of benzene rings is 2. The summed E-state index contributed by atoms with van der Waals surface area (Å²) in [4.78, 5) is 12.7. The van der Waals surface area contributed by atoms with Gasteiger partial charge in [0.15, 0.2) is 0 Å². The smallest absolute Gasteiger partial charge is 0.372 e. The second-order valence-corrected chi connectivity index (χ2v) is 10.4. The van der Waals surface area contributed by atoms with Crippen molar-refractivity contribution in [1.82, 2.24) is 4.31 Å². The van der Waals surface area contributed by atoms with E-state index >= 15 is 0 Å². The van der Waals surface area contributed by atoms with E-state index in [2.05, 4.69) is 10.6 Å². The molecule has 2 aromatic carbocycles. The van der Waals surface area contributed by atoms with Crippen LogP contribution in [0.4, 0.5) is 24.5 Å². The second kappa shape index (κ2) is 9.86. The van der Waals surface area contributed by atoms with Gasteiger partial charge in [-0.05, 0) is 42.3 Å². The Labute approximate surface area is 194 Å². The van der Waals surface area contributed by atoms with Gasteiger partial charge in [0, 0.05) is 19.8 Å².